The summed E-state index contributed by atoms with van der Waals surface area (Å²) in [5.74, 6) is 0.612. The van der Waals surface area contributed by atoms with Gasteiger partial charge in [-0.2, -0.15) is 5.10 Å². The molecule has 2 rings (SSSR count). The van der Waals surface area contributed by atoms with Gasteiger partial charge in [0, 0.05) is 17.3 Å². The third kappa shape index (κ3) is 2.51. The maximum Gasteiger partial charge on any atom is 0.272 e. The van der Waals surface area contributed by atoms with E-state index >= 15 is 0 Å². The monoisotopic (exact) mass is 235 g/mol. The first-order valence-corrected chi connectivity index (χ1v) is 6.48. The molecular weight excluding hydrogens is 214 g/mol. The smallest absolute Gasteiger partial charge is 0.272 e. The summed E-state index contributed by atoms with van der Waals surface area (Å²) in [7, 11) is 0. The molecule has 4 nitrogen and oxygen atoms in total. The summed E-state index contributed by atoms with van der Waals surface area (Å²) in [4.78, 5) is 12.1. The normalized spacial score (nSPS) is 20.8. The van der Waals surface area contributed by atoms with Crippen molar-refractivity contribution in [2.75, 3.05) is 0 Å². The van der Waals surface area contributed by atoms with Crippen molar-refractivity contribution in [3.05, 3.63) is 17.0 Å². The Labute approximate surface area is 102 Å². The van der Waals surface area contributed by atoms with Gasteiger partial charge in [0.1, 0.15) is 0 Å². The Bertz CT molecular complexity index is 411. The van der Waals surface area contributed by atoms with Crippen LogP contribution in [0, 0.1) is 5.92 Å². The molecule has 0 aliphatic heterocycles. The van der Waals surface area contributed by atoms with Crippen molar-refractivity contribution in [3.8, 4) is 0 Å². The van der Waals surface area contributed by atoms with E-state index in [1.54, 1.807) is 0 Å². The average Bonchev–Trinajstić information content (AvgIpc) is 2.71. The molecular formula is C13H21N3O. The van der Waals surface area contributed by atoms with Gasteiger partial charge in [-0.25, -0.2) is 0 Å². The summed E-state index contributed by atoms with van der Waals surface area (Å²) >= 11 is 0. The van der Waals surface area contributed by atoms with Gasteiger partial charge in [0.05, 0.1) is 0 Å². The Morgan fingerprint density at radius 1 is 1.65 bits per heavy atom. The summed E-state index contributed by atoms with van der Waals surface area (Å²) < 4.78 is 0. The quantitative estimate of drug-likeness (QED) is 0.842. The SMILES string of the molecule is CC[C@@H](C)NC(=O)c1n[nH]c2c1C[C@H](C)CC2. The van der Waals surface area contributed by atoms with E-state index in [9.17, 15) is 4.79 Å². The highest BCUT2D eigenvalue weighted by molar-refractivity contribution is 5.94. The Morgan fingerprint density at radius 2 is 2.41 bits per heavy atom. The molecule has 0 spiro atoms. The lowest BCUT2D eigenvalue weighted by Gasteiger charge is -2.18. The van der Waals surface area contributed by atoms with E-state index in [4.69, 9.17) is 0 Å². The van der Waals surface area contributed by atoms with Gasteiger partial charge in [0.2, 0.25) is 0 Å². The van der Waals surface area contributed by atoms with Gasteiger partial charge in [-0.15, -0.1) is 0 Å². The van der Waals surface area contributed by atoms with Gasteiger partial charge >= 0.3 is 0 Å². The van der Waals surface area contributed by atoms with Crippen LogP contribution >= 0.6 is 0 Å². The molecule has 1 aromatic heterocycles. The van der Waals surface area contributed by atoms with Gasteiger partial charge in [-0.3, -0.25) is 9.89 Å². The second-order valence-electron chi connectivity index (χ2n) is 5.16. The number of hydrogen-bond donors (Lipinski definition) is 2. The predicted octanol–water partition coefficient (Wildman–Crippen LogP) is 2.06. The van der Waals surface area contributed by atoms with E-state index in [0.29, 0.717) is 11.6 Å². The fourth-order valence-electron chi connectivity index (χ4n) is 2.25. The van der Waals surface area contributed by atoms with Crippen LogP contribution in [0.3, 0.4) is 0 Å². The lowest BCUT2D eigenvalue weighted by atomic mass is 9.87. The topological polar surface area (TPSA) is 57.8 Å². The van der Waals surface area contributed by atoms with Crippen molar-refractivity contribution in [1.29, 1.82) is 0 Å². The minimum absolute atomic E-state index is 0.0362. The van der Waals surface area contributed by atoms with E-state index in [1.165, 1.54) is 6.42 Å². The Morgan fingerprint density at radius 3 is 3.12 bits per heavy atom. The third-order valence-electron chi connectivity index (χ3n) is 3.60. The van der Waals surface area contributed by atoms with Gasteiger partial charge in [-0.05, 0) is 38.5 Å². The Balaban J connectivity index is 2.16. The van der Waals surface area contributed by atoms with Crippen LogP contribution in [-0.2, 0) is 12.8 Å². The van der Waals surface area contributed by atoms with Crippen molar-refractivity contribution < 1.29 is 4.79 Å². The summed E-state index contributed by atoms with van der Waals surface area (Å²) in [5.41, 5.74) is 2.88. The van der Waals surface area contributed by atoms with Crippen molar-refractivity contribution in [2.24, 2.45) is 5.92 Å². The standard InChI is InChI=1S/C13H21N3O/c1-4-9(3)14-13(17)12-10-7-8(2)5-6-11(10)15-16-12/h8-9H,4-7H2,1-3H3,(H,14,17)(H,15,16)/t8-,9-/m1/s1. The van der Waals surface area contributed by atoms with Crippen molar-refractivity contribution in [1.82, 2.24) is 15.5 Å². The third-order valence-corrected chi connectivity index (χ3v) is 3.60. The van der Waals surface area contributed by atoms with Crippen LogP contribution < -0.4 is 5.32 Å². The van der Waals surface area contributed by atoms with E-state index in [0.717, 1.165) is 30.5 Å². The number of aromatic amines is 1. The van der Waals surface area contributed by atoms with E-state index in [-0.39, 0.29) is 11.9 Å². The number of amides is 1. The van der Waals surface area contributed by atoms with E-state index in [2.05, 4.69) is 29.4 Å². The van der Waals surface area contributed by atoms with E-state index in [1.807, 2.05) is 6.92 Å². The summed E-state index contributed by atoms with van der Waals surface area (Å²) in [6.07, 6.45) is 4.10. The first-order valence-electron chi connectivity index (χ1n) is 6.48. The average molecular weight is 235 g/mol. The molecule has 0 saturated heterocycles. The predicted molar refractivity (Wildman–Crippen MR) is 67.0 cm³/mol. The number of hydrogen-bond acceptors (Lipinski definition) is 2. The molecule has 0 unspecified atom stereocenters. The number of aryl methyl sites for hydroxylation is 1. The number of nitrogens with one attached hydrogen (secondary N) is 2. The minimum Gasteiger partial charge on any atom is -0.348 e. The number of nitrogens with zero attached hydrogens (tertiary/aromatic N) is 1. The molecule has 0 aromatic carbocycles. The number of aromatic nitrogens is 2. The second kappa shape index (κ2) is 4.90. The zero-order valence-corrected chi connectivity index (χ0v) is 10.8. The zero-order valence-electron chi connectivity index (χ0n) is 10.8. The largest absolute Gasteiger partial charge is 0.348 e. The molecule has 4 heteroatoms. The lowest BCUT2D eigenvalue weighted by Crippen LogP contribution is -2.33. The Hall–Kier alpha value is -1.32. The molecule has 1 heterocycles. The number of carbonyl (C=O) groups is 1. The van der Waals surface area contributed by atoms with Crippen LogP contribution in [0.5, 0.6) is 0 Å². The number of rotatable bonds is 3. The van der Waals surface area contributed by atoms with Crippen LogP contribution in [0.25, 0.3) is 0 Å². The van der Waals surface area contributed by atoms with Crippen LogP contribution in [-0.4, -0.2) is 22.1 Å². The second-order valence-corrected chi connectivity index (χ2v) is 5.16. The van der Waals surface area contributed by atoms with Crippen LogP contribution in [0.1, 0.15) is 55.4 Å². The molecule has 1 aliphatic rings. The van der Waals surface area contributed by atoms with Crippen LogP contribution in [0.15, 0.2) is 0 Å². The van der Waals surface area contributed by atoms with Crippen molar-refractivity contribution in [3.63, 3.8) is 0 Å². The summed E-state index contributed by atoms with van der Waals surface area (Å²) in [6, 6.07) is 0.205. The molecule has 2 N–H and O–H groups in total. The molecule has 1 aromatic rings. The first-order chi connectivity index (χ1) is 8.11. The molecule has 1 amide bonds. The lowest BCUT2D eigenvalue weighted by molar-refractivity contribution is 0.0933. The fraction of sp³-hybridized carbons (Fsp3) is 0.692. The molecule has 0 fully saturated rings. The highest BCUT2D eigenvalue weighted by atomic mass is 16.2. The highest BCUT2D eigenvalue weighted by Gasteiger charge is 2.24. The minimum atomic E-state index is -0.0362. The van der Waals surface area contributed by atoms with Crippen LogP contribution in [0.2, 0.25) is 0 Å². The molecule has 1 aliphatic carbocycles. The molecule has 0 saturated carbocycles. The summed E-state index contributed by atoms with van der Waals surface area (Å²) in [6.45, 7) is 6.30. The summed E-state index contributed by atoms with van der Waals surface area (Å²) in [5, 5.41) is 10.2. The maximum absolute atomic E-state index is 12.1. The molecule has 94 valence electrons. The van der Waals surface area contributed by atoms with Gasteiger partial charge in [-0.1, -0.05) is 13.8 Å². The van der Waals surface area contributed by atoms with Crippen molar-refractivity contribution in [2.45, 2.75) is 52.5 Å². The Kier molecular flexibility index (Phi) is 3.50. The van der Waals surface area contributed by atoms with Gasteiger partial charge in [0.25, 0.3) is 5.91 Å². The fourth-order valence-corrected chi connectivity index (χ4v) is 2.25. The number of H-pyrrole nitrogens is 1. The van der Waals surface area contributed by atoms with Crippen molar-refractivity contribution >= 4 is 5.91 Å². The molecule has 0 radical (unpaired) electrons. The van der Waals surface area contributed by atoms with Crippen LogP contribution in [0.4, 0.5) is 0 Å². The molecule has 0 bridgehead atoms. The van der Waals surface area contributed by atoms with Gasteiger partial charge < -0.3 is 5.32 Å². The zero-order chi connectivity index (χ0) is 12.4. The number of carbonyl (C=O) groups excluding carboxylic acids is 1. The molecule has 2 atom stereocenters. The number of fused-ring (bicyclic) bond motifs is 1. The molecule has 17 heavy (non-hydrogen) atoms. The first kappa shape index (κ1) is 12.1. The maximum atomic E-state index is 12.1. The highest BCUT2D eigenvalue weighted by Crippen LogP contribution is 2.26. The van der Waals surface area contributed by atoms with Gasteiger partial charge in [0.15, 0.2) is 5.69 Å². The van der Waals surface area contributed by atoms with E-state index < -0.39 is 0 Å².